The summed E-state index contributed by atoms with van der Waals surface area (Å²) in [5.41, 5.74) is 2.07. The minimum atomic E-state index is -3.00. The van der Waals surface area contributed by atoms with Crippen LogP contribution in [0.2, 0.25) is 10.0 Å². The number of rotatable bonds is 10. The molecule has 0 unspecified atom stereocenters. The molecule has 5 nitrogen and oxygen atoms in total. The molecule has 4 rings (SSSR count). The van der Waals surface area contributed by atoms with Gasteiger partial charge in [0.25, 0.3) is 0 Å². The number of ether oxygens (including phenoxy) is 3. The summed E-state index contributed by atoms with van der Waals surface area (Å²) in [6, 6.07) is 6.29. The van der Waals surface area contributed by atoms with Crippen LogP contribution in [0.3, 0.4) is 0 Å². The van der Waals surface area contributed by atoms with Gasteiger partial charge in [0.1, 0.15) is 11.0 Å². The first kappa shape index (κ1) is 25.7. The van der Waals surface area contributed by atoms with Gasteiger partial charge in [-0.15, -0.1) is 11.3 Å². The third-order valence-electron chi connectivity index (χ3n) is 5.69. The van der Waals surface area contributed by atoms with Crippen LogP contribution in [0.15, 0.2) is 36.7 Å². The van der Waals surface area contributed by atoms with E-state index in [1.54, 1.807) is 18.2 Å². The van der Waals surface area contributed by atoms with Gasteiger partial charge in [0.05, 0.1) is 16.7 Å². The maximum Gasteiger partial charge on any atom is 0.387 e. The zero-order valence-corrected chi connectivity index (χ0v) is 21.4. The van der Waals surface area contributed by atoms with Crippen molar-refractivity contribution in [3.05, 3.63) is 73.1 Å². The lowest BCUT2D eigenvalue weighted by Gasteiger charge is -2.21. The summed E-state index contributed by atoms with van der Waals surface area (Å²) in [6.07, 6.45) is 4.29. The lowest BCUT2D eigenvalue weighted by molar-refractivity contribution is -0.0515. The highest BCUT2D eigenvalue weighted by atomic mass is 35.5. The summed E-state index contributed by atoms with van der Waals surface area (Å²) in [4.78, 5) is 18.5. The molecule has 3 aromatic rings. The zero-order valence-electron chi connectivity index (χ0n) is 19.0. The topological polar surface area (TPSA) is 57.7 Å². The fraction of sp³-hybridized carbons (Fsp3) is 0.360. The number of aromatic nitrogens is 1. The highest BCUT2D eigenvalue weighted by Gasteiger charge is 2.26. The second-order valence-electron chi connectivity index (χ2n) is 8.37. The van der Waals surface area contributed by atoms with Crippen molar-refractivity contribution in [1.82, 2.24) is 4.98 Å². The number of halogens is 4. The molecule has 0 spiro atoms. The molecule has 1 atom stereocenters. The molecule has 2 heterocycles. The van der Waals surface area contributed by atoms with Gasteiger partial charge in [-0.2, -0.15) is 8.78 Å². The van der Waals surface area contributed by atoms with E-state index in [4.69, 9.17) is 32.7 Å². The lowest BCUT2D eigenvalue weighted by Crippen LogP contribution is -2.15. The molecule has 0 bridgehead atoms. The van der Waals surface area contributed by atoms with Crippen molar-refractivity contribution in [2.75, 3.05) is 6.61 Å². The molecule has 1 aliphatic carbocycles. The molecule has 1 aliphatic rings. The summed E-state index contributed by atoms with van der Waals surface area (Å²) in [5.74, 6) is -0.0401. The lowest BCUT2D eigenvalue weighted by atomic mass is 10.0. The zero-order chi connectivity index (χ0) is 25.1. The second-order valence-corrected chi connectivity index (χ2v) is 10.4. The van der Waals surface area contributed by atoms with E-state index in [2.05, 4.69) is 9.72 Å². The normalized spacial score (nSPS) is 14.1. The van der Waals surface area contributed by atoms with Gasteiger partial charge in [-0.1, -0.05) is 29.3 Å². The predicted molar refractivity (Wildman–Crippen MR) is 131 cm³/mol. The second kappa shape index (κ2) is 11.1. The largest absolute Gasteiger partial charge is 0.489 e. The molecule has 0 radical (unpaired) electrons. The van der Waals surface area contributed by atoms with Crippen LogP contribution in [0.25, 0.3) is 0 Å². The number of carbonyl (C=O) groups is 1. The molecule has 35 heavy (non-hydrogen) atoms. The average molecular weight is 542 g/mol. The van der Waals surface area contributed by atoms with Crippen LogP contribution in [0, 0.1) is 19.8 Å². The monoisotopic (exact) mass is 541 g/mol. The minimum absolute atomic E-state index is 0.0843. The molecule has 2 aromatic heterocycles. The van der Waals surface area contributed by atoms with Gasteiger partial charge in [0, 0.05) is 23.7 Å². The van der Waals surface area contributed by atoms with Crippen LogP contribution < -0.4 is 9.47 Å². The molecule has 186 valence electrons. The van der Waals surface area contributed by atoms with Gasteiger partial charge >= 0.3 is 12.6 Å². The van der Waals surface area contributed by atoms with Crippen molar-refractivity contribution in [3.63, 3.8) is 0 Å². The van der Waals surface area contributed by atoms with Gasteiger partial charge in [-0.3, -0.25) is 4.98 Å². The number of aryl methyl sites for hydroxylation is 2. The average Bonchev–Trinajstić information content (AvgIpc) is 3.57. The summed E-state index contributed by atoms with van der Waals surface area (Å²) in [6.45, 7) is 1.23. The molecule has 0 aliphatic heterocycles. The number of carbonyl (C=O) groups excluding carboxylic acids is 1. The number of alkyl halides is 2. The quantitative estimate of drug-likeness (QED) is 0.247. The molecule has 0 amide bonds. The Hall–Kier alpha value is -2.42. The van der Waals surface area contributed by atoms with Crippen molar-refractivity contribution in [1.29, 1.82) is 0 Å². The first-order valence-corrected chi connectivity index (χ1v) is 12.6. The summed E-state index contributed by atoms with van der Waals surface area (Å²) < 4.78 is 42.3. The summed E-state index contributed by atoms with van der Waals surface area (Å²) >= 11 is 14.0. The standard InChI is InChI=1S/C25H23Cl2F2NO4S/c1-13-7-23(35-14(13)2)24(31)33-21(9-17-18(26)10-30-11-19(17)27)16-5-6-20(34-25(28)29)22(8-16)32-12-15-3-4-15/h5-8,10-11,15,21,25H,3-4,9,12H2,1-2H3/t21-/m0/s1. The van der Waals surface area contributed by atoms with E-state index in [1.807, 2.05) is 13.8 Å². The number of benzene rings is 1. The smallest absolute Gasteiger partial charge is 0.387 e. The van der Waals surface area contributed by atoms with Crippen LogP contribution in [0.4, 0.5) is 8.78 Å². The van der Waals surface area contributed by atoms with Gasteiger partial charge in [0.15, 0.2) is 11.5 Å². The van der Waals surface area contributed by atoms with Gasteiger partial charge < -0.3 is 14.2 Å². The highest BCUT2D eigenvalue weighted by Crippen LogP contribution is 2.38. The summed E-state index contributed by atoms with van der Waals surface area (Å²) in [5, 5.41) is 0.647. The molecule has 1 fully saturated rings. The van der Waals surface area contributed by atoms with E-state index >= 15 is 0 Å². The minimum Gasteiger partial charge on any atom is -0.489 e. The Morgan fingerprint density at radius 1 is 1.14 bits per heavy atom. The first-order chi connectivity index (χ1) is 16.7. The van der Waals surface area contributed by atoms with Gasteiger partial charge in [0.2, 0.25) is 0 Å². The maximum atomic E-state index is 13.0. The fourth-order valence-corrected chi connectivity index (χ4v) is 4.87. The predicted octanol–water partition coefficient (Wildman–Crippen LogP) is 7.60. The van der Waals surface area contributed by atoms with Gasteiger partial charge in [-0.25, -0.2) is 4.79 Å². The number of thiophene rings is 1. The van der Waals surface area contributed by atoms with Gasteiger partial charge in [-0.05, 0) is 67.5 Å². The number of hydrogen-bond acceptors (Lipinski definition) is 6. The van der Waals surface area contributed by atoms with Crippen LogP contribution in [-0.2, 0) is 11.2 Å². The number of esters is 1. The first-order valence-electron chi connectivity index (χ1n) is 11.0. The molecule has 1 saturated carbocycles. The van der Waals surface area contributed by atoms with E-state index in [-0.39, 0.29) is 17.9 Å². The Labute approximate surface area is 215 Å². The molecular weight excluding hydrogens is 519 g/mol. The number of hydrogen-bond donors (Lipinski definition) is 0. The Balaban J connectivity index is 1.68. The van der Waals surface area contributed by atoms with Crippen LogP contribution >= 0.6 is 34.5 Å². The van der Waals surface area contributed by atoms with Crippen molar-refractivity contribution in [2.45, 2.75) is 45.8 Å². The van der Waals surface area contributed by atoms with E-state index in [9.17, 15) is 13.6 Å². The van der Waals surface area contributed by atoms with E-state index < -0.39 is 18.7 Å². The SMILES string of the molecule is Cc1cc(C(=O)O[C@@H](Cc2c(Cl)cncc2Cl)c2ccc(OC(F)F)c(OCC3CC3)c2)sc1C. The number of nitrogens with zero attached hydrogens (tertiary/aromatic N) is 1. The van der Waals surface area contributed by atoms with Crippen molar-refractivity contribution >= 4 is 40.5 Å². The van der Waals surface area contributed by atoms with Crippen LogP contribution in [0.1, 0.15) is 50.2 Å². The molecular formula is C25H23Cl2F2NO4S. The third kappa shape index (κ3) is 6.63. The maximum absolute atomic E-state index is 13.0. The Morgan fingerprint density at radius 2 is 1.86 bits per heavy atom. The van der Waals surface area contributed by atoms with Crippen LogP contribution in [0.5, 0.6) is 11.5 Å². The van der Waals surface area contributed by atoms with E-state index in [0.29, 0.717) is 38.6 Å². The van der Waals surface area contributed by atoms with Crippen molar-refractivity contribution in [2.24, 2.45) is 5.92 Å². The van der Waals surface area contributed by atoms with Crippen molar-refractivity contribution < 1.29 is 27.8 Å². The Kier molecular flexibility index (Phi) is 8.14. The number of pyridine rings is 1. The molecule has 0 N–H and O–H groups in total. The van der Waals surface area contributed by atoms with E-state index in [1.165, 1.54) is 29.8 Å². The van der Waals surface area contributed by atoms with E-state index in [0.717, 1.165) is 23.3 Å². The Bertz CT molecular complexity index is 1180. The highest BCUT2D eigenvalue weighted by molar-refractivity contribution is 7.14. The van der Waals surface area contributed by atoms with Crippen LogP contribution in [-0.4, -0.2) is 24.2 Å². The molecule has 10 heteroatoms. The fourth-order valence-electron chi connectivity index (χ4n) is 3.43. The third-order valence-corrected chi connectivity index (χ3v) is 7.47. The van der Waals surface area contributed by atoms with Crippen molar-refractivity contribution in [3.8, 4) is 11.5 Å². The molecule has 1 aromatic carbocycles. The Morgan fingerprint density at radius 3 is 2.46 bits per heavy atom. The molecule has 0 saturated heterocycles. The summed E-state index contributed by atoms with van der Waals surface area (Å²) in [7, 11) is 0.